The number of ether oxygens (including phenoxy) is 2. The van der Waals surface area contributed by atoms with Gasteiger partial charge in [-0.2, -0.15) is 5.26 Å². The number of aromatic nitrogens is 3. The van der Waals surface area contributed by atoms with Gasteiger partial charge in [0.15, 0.2) is 11.6 Å². The van der Waals surface area contributed by atoms with E-state index in [9.17, 15) is 10.1 Å². The van der Waals surface area contributed by atoms with Crippen molar-refractivity contribution in [3.63, 3.8) is 0 Å². The Morgan fingerprint density at radius 3 is 2.77 bits per heavy atom. The molecule has 44 heavy (non-hydrogen) atoms. The average molecular weight is 620 g/mol. The third kappa shape index (κ3) is 4.63. The number of pyridine rings is 1. The Kier molecular flexibility index (Phi) is 6.55. The first kappa shape index (κ1) is 28.8. The molecule has 0 bridgehead atoms. The van der Waals surface area contributed by atoms with Crippen LogP contribution in [0.25, 0.3) is 32.2 Å². The van der Waals surface area contributed by atoms with Crippen molar-refractivity contribution in [1.29, 1.82) is 5.26 Å². The van der Waals surface area contributed by atoms with Crippen molar-refractivity contribution < 1.29 is 23.0 Å². The molecule has 2 fully saturated rings. The van der Waals surface area contributed by atoms with E-state index in [1.54, 1.807) is 27.0 Å². The lowest BCUT2D eigenvalue weighted by Gasteiger charge is -2.23. The van der Waals surface area contributed by atoms with Crippen LogP contribution in [0.15, 0.2) is 12.4 Å². The zero-order valence-corrected chi connectivity index (χ0v) is 25.9. The van der Waals surface area contributed by atoms with Crippen LogP contribution < -0.4 is 10.2 Å². The lowest BCUT2D eigenvalue weighted by molar-refractivity contribution is 0.0636. The molecular weight excluding hydrogens is 588 g/mol. The second-order valence-electron chi connectivity index (χ2n) is 13.2. The van der Waals surface area contributed by atoms with Crippen molar-refractivity contribution in [2.75, 3.05) is 43.9 Å². The first-order valence-electron chi connectivity index (χ1n) is 14.4. The number of halogens is 2. The Hall–Kier alpha value is -3.99. The van der Waals surface area contributed by atoms with Crippen molar-refractivity contribution in [2.24, 2.45) is 11.3 Å². The molecule has 1 saturated heterocycles. The van der Waals surface area contributed by atoms with Crippen molar-refractivity contribution in [3.8, 4) is 17.3 Å². The van der Waals surface area contributed by atoms with Crippen LogP contribution >= 0.6 is 11.3 Å². The predicted octanol–water partition coefficient (Wildman–Crippen LogP) is 5.82. The number of thiophene rings is 1. The number of hydrogen-bond acceptors (Lipinski definition) is 10. The molecule has 1 N–H and O–H groups in total. The predicted molar refractivity (Wildman–Crippen MR) is 162 cm³/mol. The number of fused-ring (bicyclic) bond motifs is 5. The number of piperidine rings is 1. The Morgan fingerprint density at radius 2 is 2.05 bits per heavy atom. The van der Waals surface area contributed by atoms with Crippen molar-refractivity contribution in [3.05, 3.63) is 40.7 Å². The summed E-state index contributed by atoms with van der Waals surface area (Å²) in [4.78, 5) is 30.6. The first-order chi connectivity index (χ1) is 20.9. The number of nitriles is 1. The second kappa shape index (κ2) is 10.0. The van der Waals surface area contributed by atoms with E-state index in [0.717, 1.165) is 49.2 Å². The van der Waals surface area contributed by atoms with Gasteiger partial charge in [0, 0.05) is 47.6 Å². The van der Waals surface area contributed by atoms with Gasteiger partial charge in [0.05, 0.1) is 35.4 Å². The number of carbonyl (C=O) groups excluding carboxylic acids is 1. The summed E-state index contributed by atoms with van der Waals surface area (Å²) in [6, 6.07) is 2.06. The van der Waals surface area contributed by atoms with E-state index in [1.807, 2.05) is 0 Å². The number of benzene rings is 1. The largest absolute Gasteiger partial charge is 0.444 e. The summed E-state index contributed by atoms with van der Waals surface area (Å²) in [6.07, 6.45) is 3.03. The van der Waals surface area contributed by atoms with E-state index < -0.39 is 23.3 Å². The molecule has 228 valence electrons. The van der Waals surface area contributed by atoms with Gasteiger partial charge in [-0.1, -0.05) is 0 Å². The van der Waals surface area contributed by atoms with Crippen LogP contribution in [0.2, 0.25) is 0 Å². The maximum absolute atomic E-state index is 16.8. The number of anilines is 2. The van der Waals surface area contributed by atoms with Crippen LogP contribution in [0, 0.1) is 34.3 Å². The maximum Gasteiger partial charge on any atom is 0.412 e. The smallest absolute Gasteiger partial charge is 0.412 e. The quantitative estimate of drug-likeness (QED) is 0.295. The summed E-state index contributed by atoms with van der Waals surface area (Å²) in [6.45, 7) is 8.05. The molecule has 2 atom stereocenters. The molecule has 13 heteroatoms. The van der Waals surface area contributed by atoms with E-state index in [1.165, 1.54) is 0 Å². The fraction of sp³-hybridized carbons (Fsp3) is 0.452. The van der Waals surface area contributed by atoms with Crippen molar-refractivity contribution in [2.45, 2.75) is 46.0 Å². The van der Waals surface area contributed by atoms with Gasteiger partial charge in [0.2, 0.25) is 5.95 Å². The number of hydrogen-bond donors (Lipinski definition) is 1. The lowest BCUT2D eigenvalue weighted by Crippen LogP contribution is -2.31. The molecule has 3 aromatic heterocycles. The van der Waals surface area contributed by atoms with Gasteiger partial charge >= 0.3 is 6.09 Å². The molecule has 1 amide bonds. The molecule has 2 aliphatic heterocycles. The summed E-state index contributed by atoms with van der Waals surface area (Å²) in [5.74, 6) is -0.320. The monoisotopic (exact) mass is 619 g/mol. The number of nitrogens with zero attached hydrogens (tertiary/aromatic N) is 6. The van der Waals surface area contributed by atoms with E-state index in [-0.39, 0.29) is 56.1 Å². The van der Waals surface area contributed by atoms with Crippen LogP contribution in [-0.2, 0) is 22.7 Å². The Bertz CT molecular complexity index is 1920. The molecule has 0 radical (unpaired) electrons. The third-order valence-corrected chi connectivity index (χ3v) is 9.65. The van der Waals surface area contributed by atoms with Gasteiger partial charge in [-0.3, -0.25) is 10.3 Å². The molecule has 1 aromatic carbocycles. The van der Waals surface area contributed by atoms with Crippen LogP contribution in [0.3, 0.4) is 0 Å². The minimum Gasteiger partial charge on any atom is -0.444 e. The highest BCUT2D eigenvalue weighted by Gasteiger charge is 2.60. The van der Waals surface area contributed by atoms with Gasteiger partial charge in [0.25, 0.3) is 0 Å². The van der Waals surface area contributed by atoms with Gasteiger partial charge in [-0.25, -0.2) is 23.5 Å². The highest BCUT2D eigenvalue weighted by atomic mass is 32.1. The standard InChI is InChI=1S/C31H31F2N7O3S/c1-30(2,3)43-29(41)38-27-16(7-34)22-25(35-9-20(32)26(22)44-27)21-19-12-42-11-18(19)17-8-36-28(37-24(17)23(21)33)40-10-15-6-31(15,14-40)13-39(4)5/h8-9,15H,6,10-14H2,1-5H3,(H,38,41)/t15-,31-/m0/s1. The van der Waals surface area contributed by atoms with E-state index in [2.05, 4.69) is 45.2 Å². The summed E-state index contributed by atoms with van der Waals surface area (Å²) in [5, 5.41) is 13.5. The van der Waals surface area contributed by atoms with Crippen LogP contribution in [0.1, 0.15) is 43.9 Å². The van der Waals surface area contributed by atoms with E-state index in [0.29, 0.717) is 22.8 Å². The number of amides is 1. The Balaban J connectivity index is 1.36. The summed E-state index contributed by atoms with van der Waals surface area (Å²) < 4.78 is 43.1. The molecule has 0 spiro atoms. The van der Waals surface area contributed by atoms with E-state index >= 15 is 8.78 Å². The van der Waals surface area contributed by atoms with Crippen molar-refractivity contribution >= 4 is 49.4 Å². The van der Waals surface area contributed by atoms with Crippen molar-refractivity contribution in [1.82, 2.24) is 19.9 Å². The minimum atomic E-state index is -0.794. The molecule has 10 nitrogen and oxygen atoms in total. The normalized spacial score (nSPS) is 20.7. The SMILES string of the molecule is CN(C)C[C@]12C[C@H]1CN(c1ncc3c4c(c(-c5ncc(F)c6sc(NC(=O)OC(C)(C)C)c(C#N)c56)c(F)c3n1)COC4)C2. The highest BCUT2D eigenvalue weighted by Crippen LogP contribution is 2.58. The fourth-order valence-electron chi connectivity index (χ4n) is 6.77. The summed E-state index contributed by atoms with van der Waals surface area (Å²) in [7, 11) is 4.14. The number of nitrogens with one attached hydrogen (secondary N) is 1. The topological polar surface area (TPSA) is 116 Å². The van der Waals surface area contributed by atoms with Crippen LogP contribution in [0.5, 0.6) is 0 Å². The number of carbonyl (C=O) groups is 1. The molecule has 4 aromatic rings. The molecule has 1 saturated carbocycles. The van der Waals surface area contributed by atoms with Gasteiger partial charge in [0.1, 0.15) is 22.2 Å². The van der Waals surface area contributed by atoms with E-state index in [4.69, 9.17) is 14.5 Å². The minimum absolute atomic E-state index is 0.0316. The lowest BCUT2D eigenvalue weighted by atomic mass is 9.94. The maximum atomic E-state index is 16.8. The molecule has 5 heterocycles. The Morgan fingerprint density at radius 1 is 1.27 bits per heavy atom. The molecule has 7 rings (SSSR count). The summed E-state index contributed by atoms with van der Waals surface area (Å²) >= 11 is 0.869. The zero-order valence-electron chi connectivity index (χ0n) is 25.0. The molecule has 0 unspecified atom stereocenters. The van der Waals surface area contributed by atoms with Crippen LogP contribution in [0.4, 0.5) is 24.5 Å². The summed E-state index contributed by atoms with van der Waals surface area (Å²) in [5.41, 5.74) is 0.980. The molecular formula is C31H31F2N7O3S. The first-order valence-corrected chi connectivity index (χ1v) is 15.2. The average Bonchev–Trinajstić information content (AvgIpc) is 3.32. The highest BCUT2D eigenvalue weighted by molar-refractivity contribution is 7.23. The Labute approximate surface area is 256 Å². The van der Waals surface area contributed by atoms with Gasteiger partial charge in [-0.05, 0) is 58.3 Å². The van der Waals surface area contributed by atoms with Gasteiger partial charge in [-0.15, -0.1) is 11.3 Å². The van der Waals surface area contributed by atoms with Gasteiger partial charge < -0.3 is 19.3 Å². The third-order valence-electron chi connectivity index (χ3n) is 8.54. The second-order valence-corrected chi connectivity index (χ2v) is 14.2. The molecule has 1 aliphatic carbocycles. The molecule has 3 aliphatic rings. The fourth-order valence-corrected chi connectivity index (χ4v) is 7.81. The number of rotatable bonds is 5. The zero-order chi connectivity index (χ0) is 31.1. The van der Waals surface area contributed by atoms with Crippen LogP contribution in [-0.4, -0.2) is 65.3 Å².